The zero-order valence-electron chi connectivity index (χ0n) is 12.8. The molecule has 0 saturated heterocycles. The van der Waals surface area contributed by atoms with Crippen molar-refractivity contribution in [1.29, 1.82) is 0 Å². The minimum atomic E-state index is -1.24. The summed E-state index contributed by atoms with van der Waals surface area (Å²) in [4.78, 5) is 28.2. The molecular weight excluding hydrogens is 319 g/mol. The molecule has 2 aromatic rings. The number of carbonyl (C=O) groups is 2. The van der Waals surface area contributed by atoms with Crippen molar-refractivity contribution in [2.24, 2.45) is 0 Å². The van der Waals surface area contributed by atoms with Crippen molar-refractivity contribution in [2.75, 3.05) is 0 Å². The maximum atomic E-state index is 13.3. The Bertz CT molecular complexity index is 730. The molecule has 0 radical (unpaired) electrons. The van der Waals surface area contributed by atoms with Crippen molar-refractivity contribution < 1.29 is 19.1 Å². The number of hydrogen-bond donors (Lipinski definition) is 2. The van der Waals surface area contributed by atoms with Crippen LogP contribution in [0.5, 0.6) is 0 Å². The van der Waals surface area contributed by atoms with E-state index >= 15 is 0 Å². The smallest absolute Gasteiger partial charge is 0.330 e. The minimum Gasteiger partial charge on any atom is -0.479 e. The van der Waals surface area contributed by atoms with Crippen LogP contribution >= 0.6 is 11.3 Å². The first kappa shape index (κ1) is 17.1. The number of carboxylic acid groups (broad SMARTS) is 1. The second kappa shape index (κ2) is 7.32. The first-order chi connectivity index (χ1) is 10.9. The molecule has 2 N–H and O–H groups in total. The minimum absolute atomic E-state index is 0.322. The molecule has 1 heterocycles. The van der Waals surface area contributed by atoms with Crippen LogP contribution in [0.2, 0.25) is 0 Å². The number of carbonyl (C=O) groups excluding carboxylic acids is 1. The van der Waals surface area contributed by atoms with Gasteiger partial charge < -0.3 is 10.4 Å². The Balaban J connectivity index is 2.19. The molecule has 1 atom stereocenters. The van der Waals surface area contributed by atoms with Crippen molar-refractivity contribution in [2.45, 2.75) is 32.7 Å². The number of benzene rings is 1. The third-order valence-electron chi connectivity index (χ3n) is 3.28. The van der Waals surface area contributed by atoms with E-state index in [1.54, 1.807) is 6.92 Å². The quantitative estimate of drug-likeness (QED) is 0.849. The zero-order chi connectivity index (χ0) is 17.0. The standard InChI is InChI=1S/C16H17FN2O3S/c1-3-4-13-18-8-12(23-13)15(20)19-14(16(21)22)10-5-6-11(17)9(2)7-10/h5-8,14H,3-4H2,1-2H3,(H,19,20)(H,21,22). The largest absolute Gasteiger partial charge is 0.479 e. The summed E-state index contributed by atoms with van der Waals surface area (Å²) in [7, 11) is 0. The van der Waals surface area contributed by atoms with Gasteiger partial charge in [-0.15, -0.1) is 11.3 Å². The molecule has 0 spiro atoms. The molecule has 122 valence electrons. The molecule has 2 rings (SSSR count). The monoisotopic (exact) mass is 336 g/mol. The summed E-state index contributed by atoms with van der Waals surface area (Å²) in [6, 6.07) is 2.73. The summed E-state index contributed by atoms with van der Waals surface area (Å²) in [6.45, 7) is 3.55. The summed E-state index contributed by atoms with van der Waals surface area (Å²) in [5.74, 6) is -2.13. The van der Waals surface area contributed by atoms with Gasteiger partial charge in [0.2, 0.25) is 0 Å². The van der Waals surface area contributed by atoms with Crippen LogP contribution in [-0.2, 0) is 11.2 Å². The Labute approximate surface area is 137 Å². The summed E-state index contributed by atoms with van der Waals surface area (Å²) in [6.07, 6.45) is 3.14. The van der Waals surface area contributed by atoms with Gasteiger partial charge >= 0.3 is 5.97 Å². The lowest BCUT2D eigenvalue weighted by atomic mass is 10.0. The summed E-state index contributed by atoms with van der Waals surface area (Å²) < 4.78 is 13.3. The molecule has 0 saturated carbocycles. The first-order valence-electron chi connectivity index (χ1n) is 7.16. The SMILES string of the molecule is CCCc1ncc(C(=O)NC(C(=O)O)c2ccc(F)c(C)c2)s1. The van der Waals surface area contributed by atoms with Crippen LogP contribution in [-0.4, -0.2) is 22.0 Å². The fraction of sp³-hybridized carbons (Fsp3) is 0.312. The van der Waals surface area contributed by atoms with Crippen LogP contribution < -0.4 is 5.32 Å². The molecule has 0 aliphatic heterocycles. The molecule has 1 aromatic carbocycles. The van der Waals surface area contributed by atoms with Gasteiger partial charge in [-0.2, -0.15) is 0 Å². The number of halogens is 1. The van der Waals surface area contributed by atoms with Gasteiger partial charge in [0.05, 0.1) is 11.2 Å². The Morgan fingerprint density at radius 3 is 2.78 bits per heavy atom. The van der Waals surface area contributed by atoms with Gasteiger partial charge in [0.25, 0.3) is 5.91 Å². The number of amides is 1. The maximum Gasteiger partial charge on any atom is 0.330 e. The number of nitrogens with one attached hydrogen (secondary N) is 1. The van der Waals surface area contributed by atoms with Gasteiger partial charge in [-0.1, -0.05) is 19.1 Å². The zero-order valence-corrected chi connectivity index (χ0v) is 13.6. The lowest BCUT2D eigenvalue weighted by molar-refractivity contribution is -0.139. The highest BCUT2D eigenvalue weighted by atomic mass is 32.1. The number of carboxylic acids is 1. The molecule has 1 aromatic heterocycles. The van der Waals surface area contributed by atoms with E-state index in [1.807, 2.05) is 6.92 Å². The average molecular weight is 336 g/mol. The van der Waals surface area contributed by atoms with Gasteiger partial charge in [-0.05, 0) is 37.0 Å². The van der Waals surface area contributed by atoms with Crippen LogP contribution in [0.1, 0.15) is 45.2 Å². The van der Waals surface area contributed by atoms with Crippen molar-refractivity contribution in [3.63, 3.8) is 0 Å². The highest BCUT2D eigenvalue weighted by Crippen LogP contribution is 2.20. The highest BCUT2D eigenvalue weighted by molar-refractivity contribution is 7.13. The molecule has 7 heteroatoms. The van der Waals surface area contributed by atoms with E-state index in [9.17, 15) is 19.1 Å². The molecule has 23 heavy (non-hydrogen) atoms. The molecular formula is C16H17FN2O3S. The number of thiazole rings is 1. The van der Waals surface area contributed by atoms with Crippen molar-refractivity contribution in [3.8, 4) is 0 Å². The predicted molar refractivity (Wildman–Crippen MR) is 85.1 cm³/mol. The van der Waals surface area contributed by atoms with Crippen molar-refractivity contribution >= 4 is 23.2 Å². The predicted octanol–water partition coefficient (Wildman–Crippen LogP) is 3.10. The Morgan fingerprint density at radius 2 is 2.17 bits per heavy atom. The number of nitrogens with zero attached hydrogens (tertiary/aromatic N) is 1. The van der Waals surface area contributed by atoms with E-state index in [0.717, 1.165) is 17.8 Å². The average Bonchev–Trinajstić information content (AvgIpc) is 2.96. The Morgan fingerprint density at radius 1 is 1.43 bits per heavy atom. The van der Waals surface area contributed by atoms with Gasteiger partial charge in [-0.3, -0.25) is 4.79 Å². The molecule has 1 unspecified atom stereocenters. The normalized spacial score (nSPS) is 12.0. The van der Waals surface area contributed by atoms with E-state index in [0.29, 0.717) is 16.0 Å². The summed E-state index contributed by atoms with van der Waals surface area (Å²) in [5.41, 5.74) is 0.647. The number of aromatic nitrogens is 1. The maximum absolute atomic E-state index is 13.3. The van der Waals surface area contributed by atoms with E-state index in [4.69, 9.17) is 0 Å². The molecule has 0 aliphatic carbocycles. The van der Waals surface area contributed by atoms with E-state index in [2.05, 4.69) is 10.3 Å². The van der Waals surface area contributed by atoms with Crippen molar-refractivity contribution in [1.82, 2.24) is 10.3 Å². The molecule has 5 nitrogen and oxygen atoms in total. The molecule has 0 aliphatic rings. The van der Waals surface area contributed by atoms with Crippen LogP contribution in [0.3, 0.4) is 0 Å². The number of aliphatic carboxylic acids is 1. The highest BCUT2D eigenvalue weighted by Gasteiger charge is 2.24. The Kier molecular flexibility index (Phi) is 5.44. The van der Waals surface area contributed by atoms with Gasteiger partial charge in [0, 0.05) is 0 Å². The Hall–Kier alpha value is -2.28. The number of hydrogen-bond acceptors (Lipinski definition) is 4. The van der Waals surface area contributed by atoms with E-state index < -0.39 is 23.7 Å². The number of aryl methyl sites for hydroxylation is 2. The van der Waals surface area contributed by atoms with Crippen LogP contribution in [0.25, 0.3) is 0 Å². The lowest BCUT2D eigenvalue weighted by Gasteiger charge is -2.15. The van der Waals surface area contributed by atoms with Crippen LogP contribution in [0.4, 0.5) is 4.39 Å². The van der Waals surface area contributed by atoms with E-state index in [1.165, 1.54) is 35.7 Å². The molecule has 0 bridgehead atoms. The third kappa shape index (κ3) is 4.13. The lowest BCUT2D eigenvalue weighted by Crippen LogP contribution is -2.33. The fourth-order valence-electron chi connectivity index (χ4n) is 2.08. The van der Waals surface area contributed by atoms with Gasteiger partial charge in [-0.25, -0.2) is 14.2 Å². The van der Waals surface area contributed by atoms with E-state index in [-0.39, 0.29) is 0 Å². The van der Waals surface area contributed by atoms with Gasteiger partial charge in [0.15, 0.2) is 6.04 Å². The molecule has 1 amide bonds. The molecule has 0 fully saturated rings. The summed E-state index contributed by atoms with van der Waals surface area (Å²) in [5, 5.41) is 12.6. The van der Waals surface area contributed by atoms with Crippen LogP contribution in [0, 0.1) is 12.7 Å². The fourth-order valence-corrected chi connectivity index (χ4v) is 3.00. The van der Waals surface area contributed by atoms with Crippen molar-refractivity contribution in [3.05, 3.63) is 51.2 Å². The van der Waals surface area contributed by atoms with Crippen LogP contribution in [0.15, 0.2) is 24.4 Å². The summed E-state index contributed by atoms with van der Waals surface area (Å²) >= 11 is 1.24. The number of rotatable bonds is 6. The first-order valence-corrected chi connectivity index (χ1v) is 7.98. The second-order valence-corrected chi connectivity index (χ2v) is 6.24. The third-order valence-corrected chi connectivity index (χ3v) is 4.33. The topological polar surface area (TPSA) is 79.3 Å². The second-order valence-electron chi connectivity index (χ2n) is 5.12. The van der Waals surface area contributed by atoms with Gasteiger partial charge in [0.1, 0.15) is 10.7 Å².